The van der Waals surface area contributed by atoms with Crippen molar-refractivity contribution in [2.45, 2.75) is 45.1 Å². The molecule has 140 valence electrons. The maximum Gasteiger partial charge on any atom is 0.271 e. The van der Waals surface area contributed by atoms with Crippen LogP contribution in [-0.2, 0) is 13.0 Å². The Morgan fingerprint density at radius 3 is 2.81 bits per heavy atom. The second kappa shape index (κ2) is 7.22. The van der Waals surface area contributed by atoms with Gasteiger partial charge in [0, 0.05) is 23.2 Å². The number of carbonyl (C=O) groups excluding carboxylic acids is 1. The fourth-order valence-electron chi connectivity index (χ4n) is 2.89. The van der Waals surface area contributed by atoms with Gasteiger partial charge in [0.05, 0.1) is 12.2 Å². The molecule has 0 bridgehead atoms. The number of aryl methyl sites for hydroxylation is 1. The van der Waals surface area contributed by atoms with Crippen LogP contribution in [0.3, 0.4) is 0 Å². The Bertz CT molecular complexity index is 995. The summed E-state index contributed by atoms with van der Waals surface area (Å²) in [7, 11) is 0. The number of hydrogen-bond donors (Lipinski definition) is 2. The fourth-order valence-corrected chi connectivity index (χ4v) is 2.89. The predicted octanol–water partition coefficient (Wildman–Crippen LogP) is 2.31. The molecule has 3 aromatic rings. The van der Waals surface area contributed by atoms with Gasteiger partial charge < -0.3 is 9.84 Å². The van der Waals surface area contributed by atoms with Gasteiger partial charge in [0.1, 0.15) is 0 Å². The van der Waals surface area contributed by atoms with Crippen LogP contribution in [-0.4, -0.2) is 25.8 Å². The maximum absolute atomic E-state index is 12.3. The van der Waals surface area contributed by atoms with Crippen molar-refractivity contribution in [3.05, 3.63) is 63.7 Å². The van der Waals surface area contributed by atoms with Gasteiger partial charge in [-0.25, -0.2) is 4.68 Å². The molecule has 1 saturated carbocycles. The highest BCUT2D eigenvalue weighted by atomic mass is 16.5. The third kappa shape index (κ3) is 3.84. The van der Waals surface area contributed by atoms with E-state index in [1.165, 1.54) is 4.68 Å². The largest absolute Gasteiger partial charge is 0.345 e. The van der Waals surface area contributed by atoms with Crippen LogP contribution < -0.4 is 10.9 Å². The lowest BCUT2D eigenvalue weighted by Gasteiger charge is -2.05. The minimum Gasteiger partial charge on any atom is -0.345 e. The number of benzene rings is 1. The van der Waals surface area contributed by atoms with Crippen molar-refractivity contribution < 1.29 is 9.32 Å². The van der Waals surface area contributed by atoms with Gasteiger partial charge in [-0.3, -0.25) is 14.7 Å². The first kappa shape index (κ1) is 17.3. The van der Waals surface area contributed by atoms with Crippen LogP contribution in [0.15, 0.2) is 39.6 Å². The lowest BCUT2D eigenvalue weighted by molar-refractivity contribution is 0.0949. The first-order chi connectivity index (χ1) is 13.1. The Morgan fingerprint density at radius 1 is 1.33 bits per heavy atom. The molecule has 0 saturated heterocycles. The molecule has 27 heavy (non-hydrogen) atoms. The van der Waals surface area contributed by atoms with Gasteiger partial charge in [-0.15, -0.1) is 0 Å². The van der Waals surface area contributed by atoms with Crippen molar-refractivity contribution in [3.8, 4) is 5.69 Å². The van der Waals surface area contributed by atoms with Crippen molar-refractivity contribution in [1.82, 2.24) is 25.2 Å². The molecule has 0 atom stereocenters. The summed E-state index contributed by atoms with van der Waals surface area (Å²) in [6.07, 6.45) is 3.96. The topological polar surface area (TPSA) is 106 Å². The lowest BCUT2D eigenvalue weighted by Crippen LogP contribution is -2.23. The van der Waals surface area contributed by atoms with E-state index in [1.807, 2.05) is 0 Å². The third-order valence-corrected chi connectivity index (χ3v) is 4.50. The third-order valence-electron chi connectivity index (χ3n) is 4.50. The van der Waals surface area contributed by atoms with Gasteiger partial charge in [0.15, 0.2) is 5.82 Å². The van der Waals surface area contributed by atoms with Gasteiger partial charge >= 0.3 is 0 Å². The molecule has 1 aliphatic rings. The fraction of sp³-hybridized carbons (Fsp3) is 0.368. The minimum absolute atomic E-state index is 0.112. The van der Waals surface area contributed by atoms with E-state index in [0.29, 0.717) is 28.9 Å². The van der Waals surface area contributed by atoms with E-state index in [-0.39, 0.29) is 18.0 Å². The molecule has 2 aromatic heterocycles. The number of aromatic nitrogens is 4. The van der Waals surface area contributed by atoms with E-state index in [9.17, 15) is 9.59 Å². The normalized spacial score (nSPS) is 13.7. The minimum atomic E-state index is -0.232. The lowest BCUT2D eigenvalue weighted by atomic mass is 10.2. The molecule has 1 aliphatic carbocycles. The second-order valence-corrected chi connectivity index (χ2v) is 6.76. The molecule has 4 rings (SSSR count). The van der Waals surface area contributed by atoms with Crippen molar-refractivity contribution in [2.75, 3.05) is 0 Å². The second-order valence-electron chi connectivity index (χ2n) is 6.76. The molecule has 2 heterocycles. The highest BCUT2D eigenvalue weighted by Crippen LogP contribution is 2.38. The molecule has 0 radical (unpaired) electrons. The quantitative estimate of drug-likeness (QED) is 0.666. The summed E-state index contributed by atoms with van der Waals surface area (Å²) >= 11 is 0. The molecule has 0 spiro atoms. The standard InChI is InChI=1S/C19H21N5O3/c1-2-3-14-10-17(25)24(22-14)15-8-6-12(7-9-15)18(26)20-11-16-21-19(27-23-16)13-4-5-13/h6-10,13,22H,2-5,11H2,1H3,(H,20,26). The van der Waals surface area contributed by atoms with Gasteiger partial charge in [-0.05, 0) is 43.5 Å². The SMILES string of the molecule is CCCc1cc(=O)n(-c2ccc(C(=O)NCc3noc(C4CC4)n3)cc2)[nH]1. The number of H-pyrrole nitrogens is 1. The number of nitrogens with zero attached hydrogens (tertiary/aromatic N) is 3. The van der Waals surface area contributed by atoms with Crippen LogP contribution in [0.1, 0.15) is 59.9 Å². The summed E-state index contributed by atoms with van der Waals surface area (Å²) in [6.45, 7) is 2.28. The number of amides is 1. The molecule has 1 fully saturated rings. The number of aromatic amines is 1. The van der Waals surface area contributed by atoms with E-state index in [2.05, 4.69) is 27.5 Å². The molecule has 2 N–H and O–H groups in total. The first-order valence-electron chi connectivity index (χ1n) is 9.16. The van der Waals surface area contributed by atoms with Gasteiger partial charge in [0.25, 0.3) is 11.5 Å². The molecule has 8 heteroatoms. The summed E-state index contributed by atoms with van der Waals surface area (Å²) in [5.74, 6) is 1.29. The smallest absolute Gasteiger partial charge is 0.271 e. The number of rotatable bonds is 7. The first-order valence-corrected chi connectivity index (χ1v) is 9.16. The van der Waals surface area contributed by atoms with Gasteiger partial charge in [-0.2, -0.15) is 4.98 Å². The maximum atomic E-state index is 12.3. The Hall–Kier alpha value is -3.16. The van der Waals surface area contributed by atoms with E-state index in [0.717, 1.165) is 31.4 Å². The van der Waals surface area contributed by atoms with E-state index in [4.69, 9.17) is 4.52 Å². The highest BCUT2D eigenvalue weighted by molar-refractivity contribution is 5.94. The Kier molecular flexibility index (Phi) is 4.62. The molecule has 1 aromatic carbocycles. The zero-order valence-electron chi connectivity index (χ0n) is 15.1. The number of hydrogen-bond acceptors (Lipinski definition) is 5. The van der Waals surface area contributed by atoms with Crippen LogP contribution in [0.5, 0.6) is 0 Å². The van der Waals surface area contributed by atoms with Gasteiger partial charge in [-0.1, -0.05) is 18.5 Å². The molecular weight excluding hydrogens is 346 g/mol. The summed E-state index contributed by atoms with van der Waals surface area (Å²) < 4.78 is 6.65. The van der Waals surface area contributed by atoms with Crippen LogP contribution >= 0.6 is 0 Å². The molecule has 1 amide bonds. The zero-order chi connectivity index (χ0) is 18.8. The summed E-state index contributed by atoms with van der Waals surface area (Å²) in [5, 5.41) is 9.75. The zero-order valence-corrected chi connectivity index (χ0v) is 15.1. The molecule has 0 unspecified atom stereocenters. The average molecular weight is 367 g/mol. The summed E-state index contributed by atoms with van der Waals surface area (Å²) in [5.41, 5.74) is 1.97. The summed E-state index contributed by atoms with van der Waals surface area (Å²) in [4.78, 5) is 28.7. The van der Waals surface area contributed by atoms with Crippen LogP contribution in [0, 0.1) is 0 Å². The summed E-state index contributed by atoms with van der Waals surface area (Å²) in [6, 6.07) is 8.45. The average Bonchev–Trinajstić information content (AvgIpc) is 3.31. The van der Waals surface area contributed by atoms with Crippen molar-refractivity contribution in [1.29, 1.82) is 0 Å². The van der Waals surface area contributed by atoms with Crippen LogP contribution in [0.2, 0.25) is 0 Å². The van der Waals surface area contributed by atoms with E-state index in [1.54, 1.807) is 30.3 Å². The van der Waals surface area contributed by atoms with Gasteiger partial charge in [0.2, 0.25) is 5.89 Å². The van der Waals surface area contributed by atoms with E-state index >= 15 is 0 Å². The molecule has 8 nitrogen and oxygen atoms in total. The Labute approximate surface area is 155 Å². The number of carbonyl (C=O) groups is 1. The van der Waals surface area contributed by atoms with Crippen LogP contribution in [0.4, 0.5) is 0 Å². The Morgan fingerprint density at radius 2 is 2.11 bits per heavy atom. The van der Waals surface area contributed by atoms with Crippen LogP contribution in [0.25, 0.3) is 5.69 Å². The van der Waals surface area contributed by atoms with Crippen molar-refractivity contribution in [3.63, 3.8) is 0 Å². The predicted molar refractivity (Wildman–Crippen MR) is 97.8 cm³/mol. The number of nitrogens with one attached hydrogen (secondary N) is 2. The molecule has 0 aliphatic heterocycles. The van der Waals surface area contributed by atoms with Crippen molar-refractivity contribution >= 4 is 5.91 Å². The molecular formula is C19H21N5O3. The Balaban J connectivity index is 1.40. The monoisotopic (exact) mass is 367 g/mol. The highest BCUT2D eigenvalue weighted by Gasteiger charge is 2.29. The van der Waals surface area contributed by atoms with E-state index < -0.39 is 0 Å². The van der Waals surface area contributed by atoms with Crippen molar-refractivity contribution in [2.24, 2.45) is 0 Å².